The molecule has 1 heterocycles. The lowest BCUT2D eigenvalue weighted by molar-refractivity contribution is -0.116. The molecule has 5 rings (SSSR count). The van der Waals surface area contributed by atoms with E-state index in [4.69, 9.17) is 4.84 Å². The largest absolute Gasteiger partial charge is 0.507 e. The van der Waals surface area contributed by atoms with Gasteiger partial charge in [0, 0.05) is 22.9 Å². The fourth-order valence-corrected chi connectivity index (χ4v) is 8.26. The number of amides is 1. The third kappa shape index (κ3) is 4.25. The van der Waals surface area contributed by atoms with Crippen molar-refractivity contribution in [2.24, 2.45) is 28.3 Å². The van der Waals surface area contributed by atoms with Gasteiger partial charge < -0.3 is 15.3 Å². The second-order valence-corrected chi connectivity index (χ2v) is 12.7. The fourth-order valence-electron chi connectivity index (χ4n) is 7.09. The van der Waals surface area contributed by atoms with Crippen molar-refractivity contribution in [2.45, 2.75) is 64.7 Å². The van der Waals surface area contributed by atoms with E-state index < -0.39 is 0 Å². The zero-order chi connectivity index (χ0) is 24.0. The van der Waals surface area contributed by atoms with Crippen molar-refractivity contribution < 1.29 is 14.7 Å². The van der Waals surface area contributed by atoms with Gasteiger partial charge in [-0.25, -0.2) is 4.98 Å². The maximum atomic E-state index is 12.7. The molecule has 2 aromatic rings. The second kappa shape index (κ2) is 9.41. The third-order valence-corrected chi connectivity index (χ3v) is 10.2. The van der Waals surface area contributed by atoms with Gasteiger partial charge in [-0.3, -0.25) is 4.79 Å². The number of phenolic OH excluding ortho intramolecular Hbond substituents is 1. The minimum atomic E-state index is 0.0202. The first-order valence-corrected chi connectivity index (χ1v) is 14.0. The minimum Gasteiger partial charge on any atom is -0.507 e. The lowest BCUT2D eigenvalue weighted by Gasteiger charge is -2.50. The number of nitrogens with one attached hydrogen (secondary N) is 1. The Balaban J connectivity index is 1.39. The average molecular weight is 594 g/mol. The molecule has 0 bridgehead atoms. The third-order valence-electron chi connectivity index (χ3n) is 8.48. The highest BCUT2D eigenvalue weighted by Gasteiger charge is 2.57. The van der Waals surface area contributed by atoms with Crippen molar-refractivity contribution in [2.75, 3.05) is 12.4 Å². The number of nitrogens with zero attached hydrogens (tertiary/aromatic N) is 2. The van der Waals surface area contributed by atoms with Gasteiger partial charge in [0.15, 0.2) is 5.13 Å². The molecule has 1 amide bonds. The summed E-state index contributed by atoms with van der Waals surface area (Å²) in [6.45, 7) is 4.37. The predicted molar refractivity (Wildman–Crippen MR) is 143 cm³/mol. The molecule has 2 saturated carbocycles. The molecule has 182 valence electrons. The summed E-state index contributed by atoms with van der Waals surface area (Å²) in [4.78, 5) is 23.4. The Hall–Kier alpha value is -1.68. The van der Waals surface area contributed by atoms with Gasteiger partial charge in [-0.05, 0) is 115 Å². The molecule has 1 aromatic carbocycles. The molecule has 3 aliphatic rings. The van der Waals surface area contributed by atoms with Gasteiger partial charge in [0.1, 0.15) is 12.9 Å². The minimum absolute atomic E-state index is 0.0202. The van der Waals surface area contributed by atoms with Crippen LogP contribution in [0.15, 0.2) is 23.5 Å². The Bertz CT molecular complexity index is 1130. The van der Waals surface area contributed by atoms with E-state index in [1.165, 1.54) is 28.2 Å². The smallest absolute Gasteiger partial charge is 0.226 e. The lowest BCUT2D eigenvalue weighted by Crippen LogP contribution is -2.44. The number of phenols is 1. The van der Waals surface area contributed by atoms with E-state index in [1.807, 2.05) is 13.0 Å². The van der Waals surface area contributed by atoms with Crippen LogP contribution in [0.3, 0.4) is 0 Å². The summed E-state index contributed by atoms with van der Waals surface area (Å²) in [5, 5.41) is 18.4. The Morgan fingerprint density at radius 2 is 2.24 bits per heavy atom. The van der Waals surface area contributed by atoms with Gasteiger partial charge in [-0.2, -0.15) is 0 Å². The highest BCUT2D eigenvalue weighted by Crippen LogP contribution is 2.62. The van der Waals surface area contributed by atoms with E-state index in [2.05, 4.69) is 51.0 Å². The van der Waals surface area contributed by atoms with Crippen molar-refractivity contribution in [1.29, 1.82) is 0 Å². The number of aromatic nitrogens is 1. The number of rotatable bonds is 5. The van der Waals surface area contributed by atoms with Crippen molar-refractivity contribution in [3.05, 3.63) is 37.9 Å². The van der Waals surface area contributed by atoms with Gasteiger partial charge >= 0.3 is 0 Å². The van der Waals surface area contributed by atoms with Crippen molar-refractivity contribution in [3.63, 3.8) is 0 Å². The summed E-state index contributed by atoms with van der Waals surface area (Å²) in [6.07, 6.45) is 8.38. The molecule has 8 heteroatoms. The quantitative estimate of drug-likeness (QED) is 0.317. The molecular weight excluding hydrogens is 561 g/mol. The van der Waals surface area contributed by atoms with Gasteiger partial charge in [0.2, 0.25) is 5.91 Å². The summed E-state index contributed by atoms with van der Waals surface area (Å²) in [5.74, 6) is 2.40. The first-order valence-electron chi connectivity index (χ1n) is 12.1. The van der Waals surface area contributed by atoms with Gasteiger partial charge in [0.25, 0.3) is 0 Å². The molecule has 6 nitrogen and oxygen atoms in total. The number of carbonyl (C=O) groups excluding carboxylic acids is 1. The molecule has 2 N–H and O–H groups in total. The van der Waals surface area contributed by atoms with Gasteiger partial charge in [-0.15, -0.1) is 11.3 Å². The number of oxime groups is 1. The number of hydrogen-bond acceptors (Lipinski definition) is 6. The van der Waals surface area contributed by atoms with Crippen LogP contribution in [0.1, 0.15) is 67.4 Å². The van der Waals surface area contributed by atoms with Gasteiger partial charge in [0.05, 0.1) is 9.28 Å². The molecule has 2 fully saturated rings. The van der Waals surface area contributed by atoms with Crippen molar-refractivity contribution in [3.8, 4) is 5.75 Å². The number of aromatic hydroxyl groups is 1. The first kappa shape index (κ1) is 24.0. The molecule has 0 saturated heterocycles. The summed E-state index contributed by atoms with van der Waals surface area (Å²) < 4.78 is 0.934. The number of anilines is 1. The van der Waals surface area contributed by atoms with Crippen molar-refractivity contribution in [1.82, 2.24) is 4.98 Å². The van der Waals surface area contributed by atoms with Gasteiger partial charge in [-0.1, -0.05) is 12.1 Å². The van der Waals surface area contributed by atoms with Crippen LogP contribution in [0.4, 0.5) is 5.13 Å². The van der Waals surface area contributed by atoms with Crippen LogP contribution >= 0.6 is 33.9 Å². The molecule has 5 atom stereocenters. The number of halogens is 1. The molecule has 3 unspecified atom stereocenters. The number of thiazole rings is 1. The zero-order valence-corrected chi connectivity index (χ0v) is 22.9. The molecule has 34 heavy (non-hydrogen) atoms. The van der Waals surface area contributed by atoms with Crippen molar-refractivity contribution >= 4 is 50.7 Å². The number of benzene rings is 1. The second-order valence-electron chi connectivity index (χ2n) is 10.3. The highest BCUT2D eigenvalue weighted by atomic mass is 127. The summed E-state index contributed by atoms with van der Waals surface area (Å²) in [6, 6.07) is 4.19. The highest BCUT2D eigenvalue weighted by molar-refractivity contribution is 14.1. The molecule has 0 spiro atoms. The summed E-state index contributed by atoms with van der Waals surface area (Å²) in [7, 11) is 1.64. The number of aryl methyl sites for hydroxylation is 2. The number of fused-ring (bicyclic) bond motifs is 5. The fraction of sp³-hybridized carbons (Fsp3) is 0.577. The Morgan fingerprint density at radius 3 is 2.97 bits per heavy atom. The van der Waals surface area contributed by atoms with E-state index in [9.17, 15) is 9.90 Å². The summed E-state index contributed by atoms with van der Waals surface area (Å²) >= 11 is 3.75. The maximum Gasteiger partial charge on any atom is 0.226 e. The molecule has 0 aliphatic heterocycles. The Kier molecular flexibility index (Phi) is 6.65. The standard InChI is InChI=1S/C26H32IN3O3S/c1-14-13-28-25(34-14)29-23(32)7-5-16-11-22(30-33-3)26(2)9-8-17-18(24(16)26)6-4-15-10-21(31)20(27)12-19(15)17/h10,12-13,16-18,24,31H,4-9,11H2,1-3H3,(H,28,29,32)/b30-22+/t16-,17?,18?,24?,26-/m1/s1. The van der Waals surface area contributed by atoms with E-state index in [-0.39, 0.29) is 11.3 Å². The number of carbonyl (C=O) groups is 1. The Labute approximate surface area is 218 Å². The molecule has 1 aromatic heterocycles. The Morgan fingerprint density at radius 1 is 1.41 bits per heavy atom. The van der Waals surface area contributed by atoms with E-state index >= 15 is 0 Å². The maximum absolute atomic E-state index is 12.7. The van der Waals surface area contributed by atoms with E-state index in [1.54, 1.807) is 13.3 Å². The molecule has 0 radical (unpaired) electrons. The number of hydrogen-bond donors (Lipinski definition) is 2. The van der Waals surface area contributed by atoms with Crippen LogP contribution in [0.5, 0.6) is 5.75 Å². The zero-order valence-electron chi connectivity index (χ0n) is 19.9. The average Bonchev–Trinajstić information content (AvgIpc) is 3.33. The lowest BCUT2D eigenvalue weighted by atomic mass is 9.54. The van der Waals surface area contributed by atoms with Crippen LogP contribution in [-0.4, -0.2) is 28.8 Å². The SMILES string of the molecule is CO/N=C1\C[C@@H](CCC(=O)Nc2ncc(C)s2)C2C3CCc4cc(O)c(I)cc4C3CC[C@]12C. The summed E-state index contributed by atoms with van der Waals surface area (Å²) in [5.41, 5.74) is 3.92. The van der Waals surface area contributed by atoms with Crippen LogP contribution in [0.2, 0.25) is 0 Å². The van der Waals surface area contributed by atoms with Crippen LogP contribution in [0, 0.1) is 33.7 Å². The normalized spacial score (nSPS) is 31.0. The first-order chi connectivity index (χ1) is 16.3. The molecular formula is C26H32IN3O3S. The van der Waals surface area contributed by atoms with E-state index in [0.29, 0.717) is 41.0 Å². The van der Waals surface area contributed by atoms with Crippen LogP contribution < -0.4 is 5.32 Å². The topological polar surface area (TPSA) is 83.8 Å². The van der Waals surface area contributed by atoms with E-state index in [0.717, 1.165) is 47.0 Å². The van der Waals surface area contributed by atoms with Crippen LogP contribution in [0.25, 0.3) is 0 Å². The molecule has 3 aliphatic carbocycles. The monoisotopic (exact) mass is 593 g/mol. The van der Waals surface area contributed by atoms with Crippen LogP contribution in [-0.2, 0) is 16.1 Å². The predicted octanol–water partition coefficient (Wildman–Crippen LogP) is 6.27.